The van der Waals surface area contributed by atoms with Gasteiger partial charge in [0.05, 0.1) is 4.90 Å². The molecule has 2 rings (SSSR count). The first-order chi connectivity index (χ1) is 11.4. The Labute approximate surface area is 149 Å². The second-order valence-electron chi connectivity index (χ2n) is 5.15. The number of carboxylic acid groups (broad SMARTS) is 1. The molecular formula is C16H17BrN2O4S. The molecule has 2 aromatic rings. The number of carboxylic acids is 1. The van der Waals surface area contributed by atoms with Crippen LogP contribution in [0.4, 0.5) is 0 Å². The maximum Gasteiger partial charge on any atom is 0.303 e. The SMILES string of the molecule is O=C(O)CCCN(Cc1cccnc1)S(=O)(=O)c1ccc(Br)cc1. The van der Waals surface area contributed by atoms with Gasteiger partial charge in [0.25, 0.3) is 0 Å². The average molecular weight is 413 g/mol. The van der Waals surface area contributed by atoms with Gasteiger partial charge in [-0.3, -0.25) is 9.78 Å². The Morgan fingerprint density at radius 3 is 2.50 bits per heavy atom. The van der Waals surface area contributed by atoms with Crippen molar-refractivity contribution in [3.63, 3.8) is 0 Å². The predicted molar refractivity (Wildman–Crippen MR) is 92.8 cm³/mol. The van der Waals surface area contributed by atoms with Crippen molar-refractivity contribution >= 4 is 31.9 Å². The zero-order valence-electron chi connectivity index (χ0n) is 12.8. The third-order valence-corrected chi connectivity index (χ3v) is 5.72. The van der Waals surface area contributed by atoms with E-state index in [2.05, 4.69) is 20.9 Å². The second kappa shape index (κ2) is 8.36. The lowest BCUT2D eigenvalue weighted by Crippen LogP contribution is -2.32. The number of halogens is 1. The number of nitrogens with zero attached hydrogens (tertiary/aromatic N) is 2. The van der Waals surface area contributed by atoms with Crippen LogP contribution in [-0.2, 0) is 21.4 Å². The molecule has 1 aromatic carbocycles. The maximum atomic E-state index is 12.9. The van der Waals surface area contributed by atoms with E-state index in [9.17, 15) is 13.2 Å². The summed E-state index contributed by atoms with van der Waals surface area (Å²) < 4.78 is 27.8. The Morgan fingerprint density at radius 2 is 1.92 bits per heavy atom. The van der Waals surface area contributed by atoms with Gasteiger partial charge in [-0.2, -0.15) is 4.31 Å². The topological polar surface area (TPSA) is 87.6 Å². The van der Waals surface area contributed by atoms with Crippen LogP contribution in [-0.4, -0.2) is 35.3 Å². The smallest absolute Gasteiger partial charge is 0.303 e. The van der Waals surface area contributed by atoms with Crippen molar-refractivity contribution in [3.05, 3.63) is 58.8 Å². The van der Waals surface area contributed by atoms with Gasteiger partial charge in [-0.05, 0) is 42.3 Å². The quantitative estimate of drug-likeness (QED) is 0.719. The number of hydrogen-bond acceptors (Lipinski definition) is 4. The van der Waals surface area contributed by atoms with Crippen LogP contribution < -0.4 is 0 Å². The van der Waals surface area contributed by atoms with Crippen LogP contribution in [0.3, 0.4) is 0 Å². The third kappa shape index (κ3) is 5.12. The van der Waals surface area contributed by atoms with Gasteiger partial charge in [0.15, 0.2) is 0 Å². The molecule has 0 saturated carbocycles. The van der Waals surface area contributed by atoms with Gasteiger partial charge in [-0.15, -0.1) is 0 Å². The minimum atomic E-state index is -3.72. The molecular weight excluding hydrogens is 396 g/mol. The van der Waals surface area contributed by atoms with Gasteiger partial charge < -0.3 is 5.11 Å². The predicted octanol–water partition coefficient (Wildman–Crippen LogP) is 2.90. The summed E-state index contributed by atoms with van der Waals surface area (Å²) in [5.74, 6) is -0.947. The Hall–Kier alpha value is -1.77. The van der Waals surface area contributed by atoms with E-state index in [0.717, 1.165) is 10.0 Å². The van der Waals surface area contributed by atoms with Crippen molar-refractivity contribution in [3.8, 4) is 0 Å². The molecule has 0 saturated heterocycles. The van der Waals surface area contributed by atoms with Crippen LogP contribution >= 0.6 is 15.9 Å². The standard InChI is InChI=1S/C16H17BrN2O4S/c17-14-5-7-15(8-6-14)24(22,23)19(10-2-4-16(20)21)12-13-3-1-9-18-11-13/h1,3,5-9,11H,2,4,10,12H2,(H,20,21). The zero-order valence-corrected chi connectivity index (χ0v) is 15.2. The Kier molecular flexibility index (Phi) is 6.47. The summed E-state index contributed by atoms with van der Waals surface area (Å²) in [6.07, 6.45) is 3.37. The molecule has 0 atom stereocenters. The number of pyridine rings is 1. The van der Waals surface area contributed by atoms with E-state index < -0.39 is 16.0 Å². The Balaban J connectivity index is 2.25. The van der Waals surface area contributed by atoms with Crippen LogP contribution in [0.15, 0.2) is 58.2 Å². The lowest BCUT2D eigenvalue weighted by Gasteiger charge is -2.22. The molecule has 1 N–H and O–H groups in total. The molecule has 0 amide bonds. The van der Waals surface area contributed by atoms with Gasteiger partial charge in [-0.25, -0.2) is 8.42 Å². The minimum Gasteiger partial charge on any atom is -0.481 e. The van der Waals surface area contributed by atoms with E-state index in [1.54, 1.807) is 36.7 Å². The van der Waals surface area contributed by atoms with E-state index in [0.29, 0.717) is 0 Å². The molecule has 1 aromatic heterocycles. The molecule has 0 bridgehead atoms. The van der Waals surface area contributed by atoms with Crippen LogP contribution in [0, 0.1) is 0 Å². The summed E-state index contributed by atoms with van der Waals surface area (Å²) in [5, 5.41) is 8.78. The molecule has 0 fully saturated rings. The number of sulfonamides is 1. The van der Waals surface area contributed by atoms with Crippen molar-refractivity contribution in [2.45, 2.75) is 24.3 Å². The Bertz CT molecular complexity index is 779. The summed E-state index contributed by atoms with van der Waals surface area (Å²) in [5.41, 5.74) is 0.744. The molecule has 0 unspecified atom stereocenters. The average Bonchev–Trinajstić information content (AvgIpc) is 2.55. The molecule has 0 aliphatic rings. The maximum absolute atomic E-state index is 12.9. The molecule has 8 heteroatoms. The molecule has 0 radical (unpaired) electrons. The van der Waals surface area contributed by atoms with Gasteiger partial charge >= 0.3 is 5.97 Å². The van der Waals surface area contributed by atoms with Crippen LogP contribution in [0.1, 0.15) is 18.4 Å². The van der Waals surface area contributed by atoms with Crippen molar-refractivity contribution in [2.75, 3.05) is 6.54 Å². The number of rotatable bonds is 8. The minimum absolute atomic E-state index is 0.0839. The molecule has 0 spiro atoms. The van der Waals surface area contributed by atoms with Crippen LogP contribution in [0.25, 0.3) is 0 Å². The first-order valence-corrected chi connectivity index (χ1v) is 9.49. The summed E-state index contributed by atoms with van der Waals surface area (Å²) in [4.78, 5) is 14.9. The van der Waals surface area contributed by atoms with Crippen LogP contribution in [0.2, 0.25) is 0 Å². The normalized spacial score (nSPS) is 11.6. The highest BCUT2D eigenvalue weighted by atomic mass is 79.9. The molecule has 1 heterocycles. The Morgan fingerprint density at radius 1 is 1.21 bits per heavy atom. The third-order valence-electron chi connectivity index (χ3n) is 3.33. The first-order valence-electron chi connectivity index (χ1n) is 7.26. The number of aliphatic carboxylic acids is 1. The van der Waals surface area contributed by atoms with E-state index >= 15 is 0 Å². The van der Waals surface area contributed by atoms with Gasteiger partial charge in [0.2, 0.25) is 10.0 Å². The fourth-order valence-corrected chi connectivity index (χ4v) is 3.87. The molecule has 128 valence electrons. The van der Waals surface area contributed by atoms with Crippen molar-refractivity contribution in [1.29, 1.82) is 0 Å². The zero-order chi connectivity index (χ0) is 17.6. The summed E-state index contributed by atoms with van der Waals surface area (Å²) >= 11 is 3.28. The van der Waals surface area contributed by atoms with E-state index in [4.69, 9.17) is 5.11 Å². The first kappa shape index (κ1) is 18.6. The molecule has 6 nitrogen and oxygen atoms in total. The highest BCUT2D eigenvalue weighted by Gasteiger charge is 2.24. The summed E-state index contributed by atoms with van der Waals surface area (Å²) in [6.45, 7) is 0.269. The summed E-state index contributed by atoms with van der Waals surface area (Å²) in [7, 11) is -3.72. The fraction of sp³-hybridized carbons (Fsp3) is 0.250. The molecule has 0 aliphatic carbocycles. The van der Waals surface area contributed by atoms with Crippen LogP contribution in [0.5, 0.6) is 0 Å². The largest absolute Gasteiger partial charge is 0.481 e. The molecule has 0 aliphatic heterocycles. The molecule has 24 heavy (non-hydrogen) atoms. The van der Waals surface area contributed by atoms with Gasteiger partial charge in [-0.1, -0.05) is 22.0 Å². The second-order valence-corrected chi connectivity index (χ2v) is 8.00. The van der Waals surface area contributed by atoms with Crippen molar-refractivity contribution in [2.24, 2.45) is 0 Å². The van der Waals surface area contributed by atoms with E-state index in [1.165, 1.54) is 16.4 Å². The van der Waals surface area contributed by atoms with Crippen molar-refractivity contribution in [1.82, 2.24) is 9.29 Å². The van der Waals surface area contributed by atoms with Gasteiger partial charge in [0, 0.05) is 36.4 Å². The highest BCUT2D eigenvalue weighted by Crippen LogP contribution is 2.21. The summed E-state index contributed by atoms with van der Waals surface area (Å²) in [6, 6.07) is 9.88. The van der Waals surface area contributed by atoms with E-state index in [1.807, 2.05) is 0 Å². The van der Waals surface area contributed by atoms with Gasteiger partial charge in [0.1, 0.15) is 0 Å². The number of aromatic nitrogens is 1. The lowest BCUT2D eigenvalue weighted by atomic mass is 10.2. The van der Waals surface area contributed by atoms with Crippen molar-refractivity contribution < 1.29 is 18.3 Å². The number of hydrogen-bond donors (Lipinski definition) is 1. The lowest BCUT2D eigenvalue weighted by molar-refractivity contribution is -0.137. The number of carbonyl (C=O) groups is 1. The highest BCUT2D eigenvalue weighted by molar-refractivity contribution is 9.10. The monoisotopic (exact) mass is 412 g/mol. The fourth-order valence-electron chi connectivity index (χ4n) is 2.14. The van der Waals surface area contributed by atoms with E-state index in [-0.39, 0.29) is 30.8 Å². The number of benzene rings is 1.